The Labute approximate surface area is 175 Å². The number of piperidine rings is 1. The van der Waals surface area contributed by atoms with E-state index >= 15 is 0 Å². The average molecular weight is 407 g/mol. The molecule has 1 fully saturated rings. The molecule has 156 valence electrons. The van der Waals surface area contributed by atoms with Crippen LogP contribution in [0.15, 0.2) is 42.2 Å². The second kappa shape index (κ2) is 8.32. The Morgan fingerprint density at radius 2 is 2.03 bits per heavy atom. The molecule has 0 aromatic heterocycles. The fourth-order valence-electron chi connectivity index (χ4n) is 4.25. The third-order valence-electron chi connectivity index (χ3n) is 5.82. The Morgan fingerprint density at radius 1 is 1.27 bits per heavy atom. The van der Waals surface area contributed by atoms with Crippen LogP contribution in [-0.4, -0.2) is 32.0 Å². The fourth-order valence-corrected chi connectivity index (χ4v) is 4.25. The van der Waals surface area contributed by atoms with E-state index in [1.807, 2.05) is 0 Å². The number of ketones is 1. The molecule has 2 aliphatic heterocycles. The number of quaternary nitrogens is 1. The van der Waals surface area contributed by atoms with Crippen LogP contribution in [-0.2, 0) is 11.3 Å². The molecule has 2 heterocycles. The normalized spacial score (nSPS) is 21.9. The molecule has 2 aromatic rings. The highest BCUT2D eigenvalue weighted by Gasteiger charge is 2.31. The summed E-state index contributed by atoms with van der Waals surface area (Å²) in [7, 11) is 1.33. The first-order valence-electron chi connectivity index (χ1n) is 10.3. The van der Waals surface area contributed by atoms with Crippen LogP contribution in [0.2, 0.25) is 0 Å². The molecule has 2 aromatic carbocycles. The third kappa shape index (κ3) is 3.96. The second-order valence-corrected chi connectivity index (χ2v) is 8.10. The van der Waals surface area contributed by atoms with E-state index in [2.05, 4.69) is 6.92 Å². The van der Waals surface area contributed by atoms with Crippen molar-refractivity contribution in [1.29, 1.82) is 0 Å². The number of nitrogens with one attached hydrogen (secondary N) is 1. The lowest BCUT2D eigenvalue weighted by molar-refractivity contribution is -0.922. The van der Waals surface area contributed by atoms with Gasteiger partial charge in [0.25, 0.3) is 0 Å². The molecule has 0 radical (unpaired) electrons. The minimum absolute atomic E-state index is 0.0871. The lowest BCUT2D eigenvalue weighted by Gasteiger charge is -2.29. The van der Waals surface area contributed by atoms with Gasteiger partial charge < -0.3 is 19.5 Å². The molecular formula is C24H25NO5. The zero-order valence-corrected chi connectivity index (χ0v) is 17.2. The number of Topliss-reactive ketones (excluding diaryl/α,β-unsaturated/α-hetero) is 1. The third-order valence-corrected chi connectivity index (χ3v) is 5.82. The van der Waals surface area contributed by atoms with Crippen molar-refractivity contribution >= 4 is 17.8 Å². The summed E-state index contributed by atoms with van der Waals surface area (Å²) in [5.41, 5.74) is 2.16. The Hall–Kier alpha value is -3.12. The van der Waals surface area contributed by atoms with Gasteiger partial charge in [0.2, 0.25) is 5.78 Å². The highest BCUT2D eigenvalue weighted by molar-refractivity contribution is 6.15. The maximum atomic E-state index is 12.9. The molecule has 0 spiro atoms. The summed E-state index contributed by atoms with van der Waals surface area (Å²) in [6.45, 7) is 4.85. The smallest absolute Gasteiger partial charge is 0.337 e. The molecule has 0 aliphatic carbocycles. The van der Waals surface area contributed by atoms with Crippen molar-refractivity contribution in [3.05, 3.63) is 64.4 Å². The van der Waals surface area contributed by atoms with Gasteiger partial charge in [0, 0.05) is 11.5 Å². The number of carbonyl (C=O) groups excluding carboxylic acids is 2. The summed E-state index contributed by atoms with van der Waals surface area (Å²) in [5.74, 6) is 0.477. The van der Waals surface area contributed by atoms with E-state index in [1.165, 1.54) is 24.5 Å². The first-order chi connectivity index (χ1) is 14.5. The summed E-state index contributed by atoms with van der Waals surface area (Å²) in [5, 5.41) is 12.6. The van der Waals surface area contributed by atoms with Crippen molar-refractivity contribution in [3.8, 4) is 11.5 Å². The molecule has 30 heavy (non-hydrogen) atoms. The van der Waals surface area contributed by atoms with Crippen molar-refractivity contribution in [2.45, 2.75) is 26.3 Å². The maximum absolute atomic E-state index is 12.9. The number of rotatable bonds is 4. The van der Waals surface area contributed by atoms with E-state index in [0.717, 1.165) is 25.1 Å². The number of likely N-dealkylation sites (tertiary alicyclic amines) is 1. The molecule has 0 bridgehead atoms. The molecule has 2 unspecified atom stereocenters. The lowest BCUT2D eigenvalue weighted by Crippen LogP contribution is -3.12. The monoisotopic (exact) mass is 407 g/mol. The van der Waals surface area contributed by atoms with Gasteiger partial charge >= 0.3 is 5.97 Å². The van der Waals surface area contributed by atoms with Crippen LogP contribution in [0.1, 0.15) is 51.6 Å². The van der Waals surface area contributed by atoms with Gasteiger partial charge in [0.05, 0.1) is 31.3 Å². The van der Waals surface area contributed by atoms with Gasteiger partial charge in [-0.1, -0.05) is 30.9 Å². The number of ether oxygens (including phenoxy) is 2. The number of carbonyl (C=O) groups is 2. The number of fused-ring (bicyclic) bond motifs is 1. The summed E-state index contributed by atoms with van der Waals surface area (Å²) < 4.78 is 10.6. The SMILES string of the molecule is COC(=O)c1ccc(/C=C2\Oc3c(ccc([O-])c3C[NH+]3CCCC(C)C3)C2=O)cc1. The summed E-state index contributed by atoms with van der Waals surface area (Å²) >= 11 is 0. The van der Waals surface area contributed by atoms with Crippen molar-refractivity contribution < 1.29 is 29.1 Å². The molecule has 0 saturated carbocycles. The van der Waals surface area contributed by atoms with Gasteiger partial charge in [0.15, 0.2) is 5.76 Å². The Morgan fingerprint density at radius 3 is 2.73 bits per heavy atom. The van der Waals surface area contributed by atoms with Gasteiger partial charge in [-0.05, 0) is 42.7 Å². The van der Waals surface area contributed by atoms with Gasteiger partial charge in [0.1, 0.15) is 12.3 Å². The van der Waals surface area contributed by atoms with Crippen molar-refractivity contribution in [1.82, 2.24) is 0 Å². The Kier molecular flexibility index (Phi) is 5.59. The maximum Gasteiger partial charge on any atom is 0.337 e. The molecule has 1 saturated heterocycles. The van der Waals surface area contributed by atoms with Crippen molar-refractivity contribution in [2.24, 2.45) is 5.92 Å². The molecule has 6 heteroatoms. The molecule has 6 nitrogen and oxygen atoms in total. The number of esters is 1. The quantitative estimate of drug-likeness (QED) is 0.619. The topological polar surface area (TPSA) is 80.1 Å². The predicted molar refractivity (Wildman–Crippen MR) is 109 cm³/mol. The van der Waals surface area contributed by atoms with Gasteiger partial charge in [-0.15, -0.1) is 0 Å². The zero-order chi connectivity index (χ0) is 21.3. The van der Waals surface area contributed by atoms with Crippen LogP contribution in [0, 0.1) is 5.92 Å². The molecule has 1 N–H and O–H groups in total. The standard InChI is InChI=1S/C24H25NO5/c1-15-4-3-11-25(13-15)14-19-20(26)10-9-18-22(27)21(30-23(18)19)12-16-5-7-17(8-6-16)24(28)29-2/h5-10,12,15,26H,3-4,11,13-14H2,1-2H3/b21-12-. The van der Waals surface area contributed by atoms with E-state index < -0.39 is 5.97 Å². The van der Waals surface area contributed by atoms with Crippen molar-refractivity contribution in [3.63, 3.8) is 0 Å². The molecule has 2 atom stereocenters. The highest BCUT2D eigenvalue weighted by Crippen LogP contribution is 2.38. The summed E-state index contributed by atoms with van der Waals surface area (Å²) in [6.07, 6.45) is 4.00. The number of hydrogen-bond acceptors (Lipinski definition) is 5. The first kappa shape index (κ1) is 20.2. The van der Waals surface area contributed by atoms with E-state index in [4.69, 9.17) is 9.47 Å². The summed E-state index contributed by atoms with van der Waals surface area (Å²) in [4.78, 5) is 25.8. The van der Waals surface area contributed by atoms with Gasteiger partial charge in [-0.3, -0.25) is 4.79 Å². The number of hydrogen-bond donors (Lipinski definition) is 1. The van der Waals surface area contributed by atoms with Crippen molar-refractivity contribution in [2.75, 3.05) is 20.2 Å². The number of benzene rings is 2. The van der Waals surface area contributed by atoms with E-state index in [1.54, 1.807) is 36.4 Å². The van der Waals surface area contributed by atoms with E-state index in [0.29, 0.717) is 34.9 Å². The van der Waals surface area contributed by atoms with E-state index in [9.17, 15) is 14.7 Å². The average Bonchev–Trinajstić information content (AvgIpc) is 3.06. The van der Waals surface area contributed by atoms with Crippen LogP contribution in [0.4, 0.5) is 0 Å². The highest BCUT2D eigenvalue weighted by atomic mass is 16.5. The number of methoxy groups -OCH3 is 1. The second-order valence-electron chi connectivity index (χ2n) is 8.10. The molecular weight excluding hydrogens is 382 g/mol. The largest absolute Gasteiger partial charge is 0.872 e. The van der Waals surface area contributed by atoms with Crippen LogP contribution in [0.5, 0.6) is 11.5 Å². The molecule has 0 amide bonds. The predicted octanol–water partition coefficient (Wildman–Crippen LogP) is 1.98. The zero-order valence-electron chi connectivity index (χ0n) is 17.2. The van der Waals surface area contributed by atoms with Gasteiger partial charge in [-0.25, -0.2) is 4.79 Å². The fraction of sp³-hybridized carbons (Fsp3) is 0.333. The molecule has 2 aliphatic rings. The van der Waals surface area contributed by atoms with Crippen LogP contribution >= 0.6 is 0 Å². The minimum Gasteiger partial charge on any atom is -0.872 e. The van der Waals surface area contributed by atoms with E-state index in [-0.39, 0.29) is 17.3 Å². The summed E-state index contributed by atoms with van der Waals surface area (Å²) in [6, 6.07) is 9.73. The van der Waals surface area contributed by atoms with Crippen LogP contribution < -0.4 is 14.7 Å². The number of allylic oxidation sites excluding steroid dienone is 1. The Bertz CT molecular complexity index is 1010. The first-order valence-corrected chi connectivity index (χ1v) is 10.3. The van der Waals surface area contributed by atoms with Crippen LogP contribution in [0.25, 0.3) is 6.08 Å². The molecule has 4 rings (SSSR count). The lowest BCUT2D eigenvalue weighted by atomic mass is 9.99. The Balaban J connectivity index is 1.59. The van der Waals surface area contributed by atoms with Crippen LogP contribution in [0.3, 0.4) is 0 Å². The van der Waals surface area contributed by atoms with Gasteiger partial charge in [-0.2, -0.15) is 0 Å². The minimum atomic E-state index is -0.419.